The highest BCUT2D eigenvalue weighted by Gasteiger charge is 2.26. The monoisotopic (exact) mass is 988 g/mol. The first-order valence-electron chi connectivity index (χ1n) is 28.4. The fourth-order valence-electron chi connectivity index (χ4n) is 7.90. The molecule has 0 aliphatic heterocycles. The van der Waals surface area contributed by atoms with E-state index in [9.17, 15) is 19.0 Å². The van der Waals surface area contributed by atoms with Gasteiger partial charge in [0.05, 0.1) is 13.2 Å². The largest absolute Gasteiger partial charge is 0.472 e. The number of ether oxygens (including phenoxy) is 2. The lowest BCUT2D eigenvalue weighted by Crippen LogP contribution is -2.29. The third kappa shape index (κ3) is 54.6. The van der Waals surface area contributed by atoms with E-state index < -0.39 is 32.5 Å². The van der Waals surface area contributed by atoms with Gasteiger partial charge in [-0.15, -0.1) is 0 Å². The van der Waals surface area contributed by atoms with Crippen molar-refractivity contribution in [1.82, 2.24) is 0 Å². The first-order valence-corrected chi connectivity index (χ1v) is 29.9. The van der Waals surface area contributed by atoms with Crippen LogP contribution in [0.4, 0.5) is 0 Å². The van der Waals surface area contributed by atoms with E-state index in [-0.39, 0.29) is 32.6 Å². The number of nitrogens with two attached hydrogens (primary N) is 1. The highest BCUT2D eigenvalue weighted by Crippen LogP contribution is 2.43. The molecule has 69 heavy (non-hydrogen) atoms. The average Bonchev–Trinajstić information content (AvgIpc) is 3.34. The molecular formula is C59H106NO8P. The van der Waals surface area contributed by atoms with Gasteiger partial charge in [0.1, 0.15) is 6.61 Å². The van der Waals surface area contributed by atoms with Crippen LogP contribution in [-0.4, -0.2) is 49.3 Å². The van der Waals surface area contributed by atoms with E-state index in [1.165, 1.54) is 128 Å². The van der Waals surface area contributed by atoms with Crippen molar-refractivity contribution in [1.29, 1.82) is 0 Å². The second-order valence-corrected chi connectivity index (χ2v) is 20.2. The number of hydrogen-bond acceptors (Lipinski definition) is 8. The van der Waals surface area contributed by atoms with Gasteiger partial charge in [0.15, 0.2) is 6.10 Å². The topological polar surface area (TPSA) is 134 Å². The van der Waals surface area contributed by atoms with Crippen LogP contribution in [0.2, 0.25) is 0 Å². The van der Waals surface area contributed by atoms with Gasteiger partial charge in [-0.25, -0.2) is 4.57 Å². The smallest absolute Gasteiger partial charge is 0.462 e. The molecule has 0 bridgehead atoms. The zero-order valence-corrected chi connectivity index (χ0v) is 45.4. The predicted molar refractivity (Wildman–Crippen MR) is 293 cm³/mol. The number of phosphoric acid groups is 1. The van der Waals surface area contributed by atoms with E-state index >= 15 is 0 Å². The van der Waals surface area contributed by atoms with Gasteiger partial charge in [0, 0.05) is 19.4 Å². The SMILES string of the molecule is CC/C=C\C/C=C\C/C=C\C/C=C\CCCCCCCCCCCCCCCCCCCCCCCCC(=O)OC(COC(=O)CCCCCCC/C=C\C/C=C\CCC)COP(=O)(O)OCCN. The normalized spacial score (nSPS) is 13.6. The molecule has 2 unspecified atom stereocenters. The minimum Gasteiger partial charge on any atom is -0.462 e. The second kappa shape index (κ2) is 54.8. The van der Waals surface area contributed by atoms with Crippen molar-refractivity contribution >= 4 is 19.8 Å². The Labute approximate surface area is 424 Å². The summed E-state index contributed by atoms with van der Waals surface area (Å²) < 4.78 is 32.9. The quantitative estimate of drug-likeness (QED) is 0.0264. The van der Waals surface area contributed by atoms with Gasteiger partial charge in [-0.2, -0.15) is 0 Å². The maximum Gasteiger partial charge on any atom is 0.472 e. The molecule has 0 aromatic carbocycles. The molecule has 0 aromatic rings. The van der Waals surface area contributed by atoms with Crippen molar-refractivity contribution in [2.24, 2.45) is 5.73 Å². The van der Waals surface area contributed by atoms with Gasteiger partial charge in [-0.05, 0) is 77.0 Å². The summed E-state index contributed by atoms with van der Waals surface area (Å²) in [5.74, 6) is -0.839. The molecule has 2 atom stereocenters. The molecule has 9 nitrogen and oxygen atoms in total. The molecule has 0 fully saturated rings. The van der Waals surface area contributed by atoms with Crippen LogP contribution in [0.1, 0.15) is 258 Å². The fourth-order valence-corrected chi connectivity index (χ4v) is 8.67. The maximum absolute atomic E-state index is 12.7. The summed E-state index contributed by atoms with van der Waals surface area (Å²) in [5.41, 5.74) is 5.37. The van der Waals surface area contributed by atoms with Crippen molar-refractivity contribution in [3.8, 4) is 0 Å². The van der Waals surface area contributed by atoms with Crippen molar-refractivity contribution in [2.45, 2.75) is 264 Å². The second-order valence-electron chi connectivity index (χ2n) is 18.8. The van der Waals surface area contributed by atoms with Crippen molar-refractivity contribution in [2.75, 3.05) is 26.4 Å². The van der Waals surface area contributed by atoms with E-state index in [1.54, 1.807) is 0 Å². The van der Waals surface area contributed by atoms with Crippen LogP contribution < -0.4 is 5.73 Å². The highest BCUT2D eigenvalue weighted by molar-refractivity contribution is 7.47. The summed E-state index contributed by atoms with van der Waals surface area (Å²) in [6, 6.07) is 0. The Bertz CT molecular complexity index is 1360. The number of phosphoric ester groups is 1. The number of carbonyl (C=O) groups excluding carboxylic acids is 2. The summed E-state index contributed by atoms with van der Waals surface area (Å²) in [5, 5.41) is 0. The van der Waals surface area contributed by atoms with Crippen LogP contribution in [-0.2, 0) is 32.7 Å². The van der Waals surface area contributed by atoms with Crippen LogP contribution in [0.15, 0.2) is 72.9 Å². The Morgan fingerprint density at radius 2 is 0.797 bits per heavy atom. The lowest BCUT2D eigenvalue weighted by molar-refractivity contribution is -0.161. The van der Waals surface area contributed by atoms with Crippen LogP contribution in [0, 0.1) is 0 Å². The van der Waals surface area contributed by atoms with Gasteiger partial charge < -0.3 is 20.1 Å². The summed E-state index contributed by atoms with van der Waals surface area (Å²) in [6.07, 6.45) is 69.8. The molecular weight excluding hydrogens is 882 g/mol. The summed E-state index contributed by atoms with van der Waals surface area (Å²) in [6.45, 7) is 3.56. The van der Waals surface area contributed by atoms with Crippen molar-refractivity contribution in [3.63, 3.8) is 0 Å². The molecule has 3 N–H and O–H groups in total. The lowest BCUT2D eigenvalue weighted by Gasteiger charge is -2.19. The van der Waals surface area contributed by atoms with Gasteiger partial charge >= 0.3 is 19.8 Å². The molecule has 0 saturated heterocycles. The van der Waals surface area contributed by atoms with E-state index in [0.29, 0.717) is 12.8 Å². The molecule has 0 spiro atoms. The number of allylic oxidation sites excluding steroid dienone is 12. The van der Waals surface area contributed by atoms with Gasteiger partial charge in [-0.1, -0.05) is 241 Å². The molecule has 0 rings (SSSR count). The molecule has 0 aromatic heterocycles. The summed E-state index contributed by atoms with van der Waals surface area (Å²) in [7, 11) is -4.39. The number of rotatable bonds is 53. The number of unbranched alkanes of at least 4 members (excludes halogenated alkanes) is 28. The summed E-state index contributed by atoms with van der Waals surface area (Å²) >= 11 is 0. The molecule has 10 heteroatoms. The first kappa shape index (κ1) is 66.5. The third-order valence-electron chi connectivity index (χ3n) is 12.1. The van der Waals surface area contributed by atoms with Crippen LogP contribution in [0.3, 0.4) is 0 Å². The number of hydrogen-bond donors (Lipinski definition) is 2. The lowest BCUT2D eigenvalue weighted by atomic mass is 10.0. The molecule has 0 radical (unpaired) electrons. The zero-order valence-electron chi connectivity index (χ0n) is 44.5. The van der Waals surface area contributed by atoms with E-state index in [1.807, 2.05) is 0 Å². The van der Waals surface area contributed by atoms with Gasteiger partial charge in [0.2, 0.25) is 0 Å². The Morgan fingerprint density at radius 3 is 1.19 bits per heavy atom. The van der Waals surface area contributed by atoms with Crippen molar-refractivity contribution in [3.05, 3.63) is 72.9 Å². The summed E-state index contributed by atoms with van der Waals surface area (Å²) in [4.78, 5) is 35.0. The molecule has 0 amide bonds. The standard InChI is InChI=1S/C59H106NO8P/c1-3-5-7-9-11-13-15-17-18-19-20-21-22-23-24-25-26-27-28-29-30-31-32-33-34-35-36-37-38-40-42-44-46-48-50-52-59(62)68-57(56-67-69(63,64)66-54-53-60)55-65-58(61)51-49-47-45-43-41-39-16-14-12-10-8-6-4-2/h5,7-8,10-11,13-14,16-18,20-21,57H,3-4,6,9,12,15,19,22-56,60H2,1-2H3,(H,63,64)/b7-5-,10-8-,13-11-,16-14-,18-17-,21-20-. The highest BCUT2D eigenvalue weighted by atomic mass is 31.2. The molecule has 0 heterocycles. The minimum absolute atomic E-state index is 0.0506. The maximum atomic E-state index is 12.7. The predicted octanol–water partition coefficient (Wildman–Crippen LogP) is 17.7. The van der Waals surface area contributed by atoms with E-state index in [2.05, 4.69) is 86.8 Å². The van der Waals surface area contributed by atoms with Crippen molar-refractivity contribution < 1.29 is 37.6 Å². The molecule has 0 saturated carbocycles. The fraction of sp³-hybridized carbons (Fsp3) is 0.763. The zero-order chi connectivity index (χ0) is 50.2. The number of esters is 2. The van der Waals surface area contributed by atoms with E-state index in [4.69, 9.17) is 24.3 Å². The van der Waals surface area contributed by atoms with Crippen LogP contribution in [0.25, 0.3) is 0 Å². The molecule has 0 aliphatic carbocycles. The first-order chi connectivity index (χ1) is 33.8. The van der Waals surface area contributed by atoms with Gasteiger partial charge in [-0.3, -0.25) is 18.6 Å². The number of carbonyl (C=O) groups is 2. The Balaban J connectivity index is 3.82. The van der Waals surface area contributed by atoms with Gasteiger partial charge in [0.25, 0.3) is 0 Å². The molecule has 400 valence electrons. The van der Waals surface area contributed by atoms with Crippen LogP contribution >= 0.6 is 7.82 Å². The Hall–Kier alpha value is -2.55. The third-order valence-corrected chi connectivity index (χ3v) is 13.0. The van der Waals surface area contributed by atoms with E-state index in [0.717, 1.165) is 89.9 Å². The Kier molecular flexibility index (Phi) is 52.8. The molecule has 0 aliphatic rings. The average molecular weight is 988 g/mol. The van der Waals surface area contributed by atoms with Crippen LogP contribution in [0.5, 0.6) is 0 Å². The minimum atomic E-state index is -4.39. The Morgan fingerprint density at radius 1 is 0.449 bits per heavy atom.